The maximum Gasteiger partial charge on any atom is 0.418 e. The van der Waals surface area contributed by atoms with Gasteiger partial charge in [0.2, 0.25) is 0 Å². The predicted molar refractivity (Wildman–Crippen MR) is 94.8 cm³/mol. The minimum absolute atomic E-state index is 0.198. The van der Waals surface area contributed by atoms with Crippen molar-refractivity contribution in [1.82, 2.24) is 4.90 Å². The van der Waals surface area contributed by atoms with Gasteiger partial charge in [0.05, 0.1) is 5.57 Å². The Labute approximate surface area is 138 Å². The van der Waals surface area contributed by atoms with Crippen LogP contribution in [0.1, 0.15) is 20.3 Å². The molecule has 0 amide bonds. The van der Waals surface area contributed by atoms with Crippen LogP contribution in [0.2, 0.25) is 0 Å². The van der Waals surface area contributed by atoms with Gasteiger partial charge in [-0.2, -0.15) is 13.2 Å². The molecule has 0 radical (unpaired) electrons. The lowest BCUT2D eigenvalue weighted by molar-refractivity contribution is -0.0908. The van der Waals surface area contributed by atoms with E-state index >= 15 is 0 Å². The third-order valence-corrected chi connectivity index (χ3v) is 8.41. The topological polar surface area (TPSA) is 3.24 Å². The quantitative estimate of drug-likeness (QED) is 0.633. The van der Waals surface area contributed by atoms with Crippen LogP contribution in [-0.4, -0.2) is 41.1 Å². The first-order chi connectivity index (χ1) is 10.4. The lowest BCUT2D eigenvalue weighted by Gasteiger charge is -2.47. The molecule has 130 valence electrons. The Balaban J connectivity index is 2.45. The Bertz CT molecular complexity index is 574. The highest BCUT2D eigenvalue weighted by molar-refractivity contribution is 8.33. The summed E-state index contributed by atoms with van der Waals surface area (Å²) in [6.07, 6.45) is 13.7. The molecule has 1 aliphatic heterocycles. The van der Waals surface area contributed by atoms with Crippen LogP contribution in [-0.2, 0) is 0 Å². The molecule has 0 aromatic carbocycles. The van der Waals surface area contributed by atoms with Crippen molar-refractivity contribution in [3.05, 3.63) is 47.9 Å². The molecule has 2 aliphatic rings. The number of hydrogen-bond donors (Lipinski definition) is 0. The first kappa shape index (κ1) is 18.2. The first-order valence-electron chi connectivity index (χ1n) is 7.72. The summed E-state index contributed by atoms with van der Waals surface area (Å²) >= 11 is 0. The zero-order valence-corrected chi connectivity index (χ0v) is 15.3. The molecular formula is C18H26F3NS. The van der Waals surface area contributed by atoms with Crippen LogP contribution < -0.4 is 0 Å². The SMILES string of the molecule is CC(C)(C1C=C(N2C=CCC=CC2)C(C(F)(F)F)=C1)S(C)(C)C. The van der Waals surface area contributed by atoms with E-state index in [2.05, 4.69) is 32.6 Å². The summed E-state index contributed by atoms with van der Waals surface area (Å²) in [4.78, 5) is 1.71. The molecule has 1 aliphatic carbocycles. The Morgan fingerprint density at radius 1 is 1.04 bits per heavy atom. The molecule has 0 aromatic heterocycles. The van der Waals surface area contributed by atoms with Crippen LogP contribution in [0.5, 0.6) is 0 Å². The predicted octanol–water partition coefficient (Wildman–Crippen LogP) is 5.24. The van der Waals surface area contributed by atoms with Gasteiger partial charge < -0.3 is 4.90 Å². The Kier molecular flexibility index (Phi) is 4.82. The average Bonchev–Trinajstić information content (AvgIpc) is 2.68. The van der Waals surface area contributed by atoms with Gasteiger partial charge in [0.1, 0.15) is 0 Å². The Morgan fingerprint density at radius 2 is 1.70 bits per heavy atom. The average molecular weight is 345 g/mol. The first-order valence-corrected chi connectivity index (χ1v) is 10.6. The summed E-state index contributed by atoms with van der Waals surface area (Å²) in [5, 5.41) is 0. The monoisotopic (exact) mass is 345 g/mol. The third kappa shape index (κ3) is 3.70. The highest BCUT2D eigenvalue weighted by Gasteiger charge is 2.45. The summed E-state index contributed by atoms with van der Waals surface area (Å²) in [6, 6.07) is 0. The lowest BCUT2D eigenvalue weighted by Crippen LogP contribution is -2.33. The molecular weight excluding hydrogens is 319 g/mol. The van der Waals surface area contributed by atoms with Gasteiger partial charge in [0.25, 0.3) is 0 Å². The van der Waals surface area contributed by atoms with Gasteiger partial charge >= 0.3 is 6.18 Å². The fourth-order valence-electron chi connectivity index (χ4n) is 2.66. The van der Waals surface area contributed by atoms with Crippen LogP contribution in [0.3, 0.4) is 0 Å². The smallest absolute Gasteiger partial charge is 0.344 e. The summed E-state index contributed by atoms with van der Waals surface area (Å²) in [5.41, 5.74) is -0.207. The van der Waals surface area contributed by atoms with Crippen LogP contribution >= 0.6 is 10.0 Å². The van der Waals surface area contributed by atoms with Gasteiger partial charge in [-0.15, -0.1) is 0 Å². The van der Waals surface area contributed by atoms with Gasteiger partial charge in [0, 0.05) is 29.1 Å². The van der Waals surface area contributed by atoms with Crippen molar-refractivity contribution >= 4 is 10.0 Å². The van der Waals surface area contributed by atoms with Gasteiger partial charge in [-0.3, -0.25) is 0 Å². The maximum absolute atomic E-state index is 13.6. The van der Waals surface area contributed by atoms with Gasteiger partial charge in [0.15, 0.2) is 0 Å². The number of allylic oxidation sites excluding steroid dienone is 5. The zero-order valence-electron chi connectivity index (χ0n) is 14.4. The standard InChI is InChI=1S/C18H26F3NS/c1-17(2,23(3,4)5)14-12-15(18(19,20)21)16(13-14)22-10-8-6-7-9-11-22/h6,8-9,11-14H,7,10H2,1-5H3. The van der Waals surface area contributed by atoms with E-state index < -0.39 is 21.8 Å². The lowest BCUT2D eigenvalue weighted by atomic mass is 9.96. The minimum Gasteiger partial charge on any atom is -0.344 e. The van der Waals surface area contributed by atoms with E-state index in [1.807, 2.05) is 24.3 Å². The van der Waals surface area contributed by atoms with Gasteiger partial charge in [-0.25, -0.2) is 10.0 Å². The van der Waals surface area contributed by atoms with E-state index in [1.54, 1.807) is 11.1 Å². The van der Waals surface area contributed by atoms with Crippen molar-refractivity contribution in [2.75, 3.05) is 25.3 Å². The molecule has 0 N–H and O–H groups in total. The molecule has 0 bridgehead atoms. The van der Waals surface area contributed by atoms with E-state index in [9.17, 15) is 13.2 Å². The largest absolute Gasteiger partial charge is 0.418 e. The molecule has 0 saturated heterocycles. The number of halogens is 3. The second-order valence-corrected chi connectivity index (χ2v) is 12.1. The molecule has 0 saturated carbocycles. The fraction of sp³-hybridized carbons (Fsp3) is 0.556. The van der Waals surface area contributed by atoms with Crippen LogP contribution in [0.25, 0.3) is 0 Å². The molecule has 5 heteroatoms. The highest BCUT2D eigenvalue weighted by Crippen LogP contribution is 2.56. The molecule has 1 heterocycles. The molecule has 0 aromatic rings. The Hall–Kier alpha value is -1.10. The molecule has 1 nitrogen and oxygen atoms in total. The molecule has 1 unspecified atom stereocenters. The molecule has 0 spiro atoms. The maximum atomic E-state index is 13.6. The molecule has 2 rings (SSSR count). The van der Waals surface area contributed by atoms with Crippen LogP contribution in [0.15, 0.2) is 47.9 Å². The minimum atomic E-state index is -4.33. The molecule has 1 atom stereocenters. The van der Waals surface area contributed by atoms with E-state index in [1.165, 1.54) is 6.08 Å². The number of hydrogen-bond acceptors (Lipinski definition) is 1. The second-order valence-electron chi connectivity index (χ2n) is 7.34. The van der Waals surface area contributed by atoms with Gasteiger partial charge in [-0.1, -0.05) is 44.2 Å². The fourth-order valence-corrected chi connectivity index (χ4v) is 3.62. The summed E-state index contributed by atoms with van der Waals surface area (Å²) in [6.45, 7) is 4.63. The van der Waals surface area contributed by atoms with Crippen LogP contribution in [0, 0.1) is 5.92 Å². The number of alkyl halides is 3. The van der Waals surface area contributed by atoms with E-state index in [-0.39, 0.29) is 10.7 Å². The molecule has 0 fully saturated rings. The molecule has 23 heavy (non-hydrogen) atoms. The van der Waals surface area contributed by atoms with E-state index in [0.717, 1.165) is 6.42 Å². The van der Waals surface area contributed by atoms with Crippen molar-refractivity contribution in [2.24, 2.45) is 5.92 Å². The van der Waals surface area contributed by atoms with Crippen molar-refractivity contribution in [3.8, 4) is 0 Å². The normalized spacial score (nSPS) is 23.7. The van der Waals surface area contributed by atoms with E-state index in [4.69, 9.17) is 0 Å². The summed E-state index contributed by atoms with van der Waals surface area (Å²) in [5.74, 6) is -0.204. The van der Waals surface area contributed by atoms with Crippen molar-refractivity contribution in [1.29, 1.82) is 0 Å². The van der Waals surface area contributed by atoms with E-state index in [0.29, 0.717) is 12.2 Å². The van der Waals surface area contributed by atoms with Crippen LogP contribution in [0.4, 0.5) is 13.2 Å². The zero-order chi connectivity index (χ0) is 17.5. The van der Waals surface area contributed by atoms with Crippen molar-refractivity contribution in [2.45, 2.75) is 31.2 Å². The third-order valence-electron chi connectivity index (χ3n) is 4.98. The second kappa shape index (κ2) is 6.08. The highest BCUT2D eigenvalue weighted by atomic mass is 32.3. The van der Waals surface area contributed by atoms with Gasteiger partial charge in [-0.05, 0) is 25.2 Å². The summed E-state index contributed by atoms with van der Waals surface area (Å²) < 4.78 is 40.5. The number of nitrogens with zero attached hydrogens (tertiary/aromatic N) is 1. The van der Waals surface area contributed by atoms with Crippen molar-refractivity contribution < 1.29 is 13.2 Å². The summed E-state index contributed by atoms with van der Waals surface area (Å²) in [7, 11) is -1.02. The number of rotatable bonds is 3. The van der Waals surface area contributed by atoms with Crippen molar-refractivity contribution in [3.63, 3.8) is 0 Å². The Morgan fingerprint density at radius 3 is 2.26 bits per heavy atom.